The van der Waals surface area contributed by atoms with Crippen LogP contribution in [-0.2, 0) is 4.74 Å². The molecule has 0 amide bonds. The number of benzene rings is 1. The first kappa shape index (κ1) is 15.3. The lowest BCUT2D eigenvalue weighted by molar-refractivity contribution is 0.115. The fourth-order valence-corrected chi connectivity index (χ4v) is 2.98. The Morgan fingerprint density at radius 2 is 1.95 bits per heavy atom. The van der Waals surface area contributed by atoms with Crippen LogP contribution < -0.4 is 10.5 Å². The minimum absolute atomic E-state index is 0.183. The van der Waals surface area contributed by atoms with Crippen molar-refractivity contribution in [3.8, 4) is 5.75 Å². The number of hydrogen-bond acceptors (Lipinski definition) is 4. The van der Waals surface area contributed by atoms with Crippen LogP contribution in [0.15, 0.2) is 24.3 Å². The average Bonchev–Trinajstić information content (AvgIpc) is 2.67. The summed E-state index contributed by atoms with van der Waals surface area (Å²) in [6, 6.07) is 8.76. The van der Waals surface area contributed by atoms with E-state index in [0.717, 1.165) is 31.9 Å². The van der Waals surface area contributed by atoms with Crippen LogP contribution in [0.2, 0.25) is 0 Å². The van der Waals surface area contributed by atoms with Gasteiger partial charge in [-0.15, -0.1) is 0 Å². The van der Waals surface area contributed by atoms with Gasteiger partial charge in [0.2, 0.25) is 0 Å². The molecule has 1 aromatic rings. The first-order chi connectivity index (χ1) is 9.76. The largest absolute Gasteiger partial charge is 0.497 e. The van der Waals surface area contributed by atoms with Gasteiger partial charge in [-0.05, 0) is 37.1 Å². The lowest BCUT2D eigenvalue weighted by atomic mass is 9.96. The van der Waals surface area contributed by atoms with E-state index in [1.807, 2.05) is 12.1 Å². The quantitative estimate of drug-likeness (QED) is 0.897. The summed E-state index contributed by atoms with van der Waals surface area (Å²) in [4.78, 5) is 2.46. The molecule has 0 spiro atoms. The maximum Gasteiger partial charge on any atom is 0.118 e. The number of nitrogens with zero attached hydrogens (tertiary/aromatic N) is 1. The summed E-state index contributed by atoms with van der Waals surface area (Å²) in [5.41, 5.74) is 7.70. The molecule has 1 fully saturated rings. The van der Waals surface area contributed by atoms with Crippen molar-refractivity contribution in [2.75, 3.05) is 33.9 Å². The molecule has 0 aromatic heterocycles. The van der Waals surface area contributed by atoms with Gasteiger partial charge in [0.25, 0.3) is 0 Å². The van der Waals surface area contributed by atoms with E-state index in [9.17, 15) is 0 Å². The highest BCUT2D eigenvalue weighted by Gasteiger charge is 2.28. The molecule has 0 aliphatic carbocycles. The second kappa shape index (κ2) is 7.62. The molecule has 4 nitrogen and oxygen atoms in total. The molecule has 1 saturated heterocycles. The van der Waals surface area contributed by atoms with E-state index in [-0.39, 0.29) is 12.1 Å². The van der Waals surface area contributed by atoms with Crippen LogP contribution in [0.4, 0.5) is 0 Å². The maximum atomic E-state index is 6.43. The lowest BCUT2D eigenvalue weighted by Gasteiger charge is -2.33. The van der Waals surface area contributed by atoms with Gasteiger partial charge in [-0.1, -0.05) is 18.6 Å². The highest BCUT2D eigenvalue weighted by Crippen LogP contribution is 2.30. The van der Waals surface area contributed by atoms with Gasteiger partial charge in [-0.3, -0.25) is 4.90 Å². The first-order valence-corrected chi connectivity index (χ1v) is 7.38. The molecule has 2 N–H and O–H groups in total. The summed E-state index contributed by atoms with van der Waals surface area (Å²) in [6.07, 6.45) is 3.50. The number of likely N-dealkylation sites (tertiary alicyclic amines) is 1. The predicted molar refractivity (Wildman–Crippen MR) is 81.0 cm³/mol. The fourth-order valence-electron chi connectivity index (χ4n) is 2.98. The van der Waals surface area contributed by atoms with E-state index in [2.05, 4.69) is 17.0 Å². The van der Waals surface area contributed by atoms with Gasteiger partial charge >= 0.3 is 0 Å². The molecule has 1 heterocycles. The Bertz CT molecular complexity index is 394. The number of nitrogens with two attached hydrogens (primary N) is 1. The van der Waals surface area contributed by atoms with Crippen LogP contribution in [-0.4, -0.2) is 44.9 Å². The molecule has 2 atom stereocenters. The first-order valence-electron chi connectivity index (χ1n) is 7.38. The molecule has 0 radical (unpaired) electrons. The summed E-state index contributed by atoms with van der Waals surface area (Å²) in [5.74, 6) is 0.888. The lowest BCUT2D eigenvalue weighted by Crippen LogP contribution is -2.41. The molecule has 0 bridgehead atoms. The molecule has 20 heavy (non-hydrogen) atoms. The second-order valence-electron chi connectivity index (χ2n) is 5.41. The Morgan fingerprint density at radius 3 is 2.60 bits per heavy atom. The average molecular weight is 278 g/mol. The van der Waals surface area contributed by atoms with E-state index in [0.29, 0.717) is 0 Å². The zero-order valence-electron chi connectivity index (χ0n) is 12.5. The van der Waals surface area contributed by atoms with Crippen molar-refractivity contribution in [1.82, 2.24) is 4.90 Å². The van der Waals surface area contributed by atoms with Gasteiger partial charge in [-0.2, -0.15) is 0 Å². The molecule has 1 aliphatic heterocycles. The third-order valence-corrected chi connectivity index (χ3v) is 4.07. The number of methoxy groups -OCH3 is 2. The number of hydrogen-bond donors (Lipinski definition) is 1. The highest BCUT2D eigenvalue weighted by atomic mass is 16.5. The van der Waals surface area contributed by atoms with Gasteiger partial charge in [0, 0.05) is 25.7 Å². The van der Waals surface area contributed by atoms with E-state index in [1.165, 1.54) is 18.4 Å². The van der Waals surface area contributed by atoms with E-state index < -0.39 is 0 Å². The molecule has 112 valence electrons. The summed E-state index contributed by atoms with van der Waals surface area (Å²) in [7, 11) is 3.44. The Labute approximate surface area is 121 Å². The van der Waals surface area contributed by atoms with E-state index in [4.69, 9.17) is 15.2 Å². The summed E-state index contributed by atoms with van der Waals surface area (Å²) >= 11 is 0. The Morgan fingerprint density at radius 1 is 1.20 bits per heavy atom. The van der Waals surface area contributed by atoms with Crippen LogP contribution in [0.3, 0.4) is 0 Å². The van der Waals surface area contributed by atoms with Crippen LogP contribution in [0.25, 0.3) is 0 Å². The molecular weight excluding hydrogens is 252 g/mol. The predicted octanol–water partition coefficient (Wildman–Crippen LogP) is 2.20. The standard InChI is InChI=1S/C16H26N2O2/c1-19-12-11-18-10-4-3-5-15(17)16(18)13-6-8-14(20-2)9-7-13/h6-9,15-16H,3-5,10-12,17H2,1-2H3. The molecule has 4 heteroatoms. The summed E-state index contributed by atoms with van der Waals surface area (Å²) < 4.78 is 10.5. The monoisotopic (exact) mass is 278 g/mol. The molecule has 1 aliphatic rings. The van der Waals surface area contributed by atoms with Crippen LogP contribution >= 0.6 is 0 Å². The second-order valence-corrected chi connectivity index (χ2v) is 5.41. The topological polar surface area (TPSA) is 47.7 Å². The molecule has 1 aromatic carbocycles. The van der Waals surface area contributed by atoms with Crippen molar-refractivity contribution in [3.63, 3.8) is 0 Å². The Hall–Kier alpha value is -1.10. The van der Waals surface area contributed by atoms with Crippen molar-refractivity contribution in [2.45, 2.75) is 31.3 Å². The summed E-state index contributed by atoms with van der Waals surface area (Å²) in [6.45, 7) is 2.77. The third kappa shape index (κ3) is 3.72. The highest BCUT2D eigenvalue weighted by molar-refractivity contribution is 5.30. The van der Waals surface area contributed by atoms with Gasteiger partial charge in [0.05, 0.1) is 13.7 Å². The van der Waals surface area contributed by atoms with Crippen molar-refractivity contribution >= 4 is 0 Å². The van der Waals surface area contributed by atoms with E-state index >= 15 is 0 Å². The maximum absolute atomic E-state index is 6.43. The van der Waals surface area contributed by atoms with Crippen molar-refractivity contribution < 1.29 is 9.47 Å². The van der Waals surface area contributed by atoms with Gasteiger partial charge in [0.1, 0.15) is 5.75 Å². The third-order valence-electron chi connectivity index (χ3n) is 4.07. The molecule has 0 saturated carbocycles. The SMILES string of the molecule is COCCN1CCCCC(N)C1c1ccc(OC)cc1. The zero-order chi connectivity index (χ0) is 14.4. The minimum Gasteiger partial charge on any atom is -0.497 e. The van der Waals surface area contributed by atoms with E-state index in [1.54, 1.807) is 14.2 Å². The molecule has 2 unspecified atom stereocenters. The number of rotatable bonds is 5. The smallest absolute Gasteiger partial charge is 0.118 e. The van der Waals surface area contributed by atoms with Crippen molar-refractivity contribution in [1.29, 1.82) is 0 Å². The van der Waals surface area contributed by atoms with Crippen LogP contribution in [0, 0.1) is 0 Å². The van der Waals surface area contributed by atoms with Crippen molar-refractivity contribution in [3.05, 3.63) is 29.8 Å². The molecular formula is C16H26N2O2. The normalized spacial score (nSPS) is 24.4. The van der Waals surface area contributed by atoms with Gasteiger partial charge in [-0.25, -0.2) is 0 Å². The van der Waals surface area contributed by atoms with Crippen molar-refractivity contribution in [2.24, 2.45) is 5.73 Å². The zero-order valence-corrected chi connectivity index (χ0v) is 12.5. The summed E-state index contributed by atoms with van der Waals surface area (Å²) in [5, 5.41) is 0. The fraction of sp³-hybridized carbons (Fsp3) is 0.625. The Balaban J connectivity index is 2.19. The minimum atomic E-state index is 0.183. The van der Waals surface area contributed by atoms with Gasteiger partial charge in [0.15, 0.2) is 0 Å². The van der Waals surface area contributed by atoms with Crippen LogP contribution in [0.1, 0.15) is 30.9 Å². The molecule has 2 rings (SSSR count). The van der Waals surface area contributed by atoms with Gasteiger partial charge < -0.3 is 15.2 Å². The Kier molecular flexibility index (Phi) is 5.83. The van der Waals surface area contributed by atoms with Crippen LogP contribution in [0.5, 0.6) is 5.75 Å². The number of ether oxygens (including phenoxy) is 2.